The Hall–Kier alpha value is -2.61. The maximum absolute atomic E-state index is 13.8. The van der Waals surface area contributed by atoms with Crippen molar-refractivity contribution in [1.29, 1.82) is 0 Å². The second-order valence-corrected chi connectivity index (χ2v) is 10.7. The summed E-state index contributed by atoms with van der Waals surface area (Å²) in [6, 6.07) is 3.46. The molecule has 8 nitrogen and oxygen atoms in total. The Morgan fingerprint density at radius 1 is 1.00 bits per heavy atom. The molecule has 0 aliphatic rings. The topological polar surface area (TPSA) is 108 Å². The number of ether oxygens (including phenoxy) is 1. The first kappa shape index (κ1) is 31.4. The van der Waals surface area contributed by atoms with Gasteiger partial charge < -0.3 is 25.4 Å². The molecule has 1 rings (SSSR count). The Morgan fingerprint density at radius 2 is 1.64 bits per heavy atom. The molecule has 1 aromatic rings. The molecule has 0 spiro atoms. The highest BCUT2D eigenvalue weighted by Crippen LogP contribution is 2.26. The van der Waals surface area contributed by atoms with E-state index in [0.29, 0.717) is 18.5 Å². The highest BCUT2D eigenvalue weighted by atomic mass is 16.6. The van der Waals surface area contributed by atoms with Gasteiger partial charge in [-0.3, -0.25) is 9.59 Å². The van der Waals surface area contributed by atoms with Crippen molar-refractivity contribution in [2.75, 3.05) is 13.2 Å². The number of carbonyl (C=O) groups excluding carboxylic acids is 3. The van der Waals surface area contributed by atoms with Gasteiger partial charge in [-0.25, -0.2) is 4.79 Å². The maximum atomic E-state index is 13.8. The molecule has 0 aliphatic heterocycles. The van der Waals surface area contributed by atoms with Gasteiger partial charge in [0.25, 0.3) is 0 Å². The second-order valence-electron chi connectivity index (χ2n) is 10.7. The molecule has 0 aliphatic carbocycles. The first-order valence-corrected chi connectivity index (χ1v) is 13.1. The molecule has 0 fully saturated rings. The molecule has 0 bridgehead atoms. The molecule has 204 valence electrons. The van der Waals surface area contributed by atoms with Gasteiger partial charge in [-0.05, 0) is 71.6 Å². The minimum Gasteiger partial charge on any atom is -0.444 e. The predicted molar refractivity (Wildman–Crippen MR) is 143 cm³/mol. The zero-order valence-corrected chi connectivity index (χ0v) is 23.4. The first-order chi connectivity index (χ1) is 16.8. The summed E-state index contributed by atoms with van der Waals surface area (Å²) >= 11 is 0. The summed E-state index contributed by atoms with van der Waals surface area (Å²) in [4.78, 5) is 41.1. The third kappa shape index (κ3) is 10.6. The molecule has 0 radical (unpaired) electrons. The lowest BCUT2D eigenvalue weighted by Crippen LogP contribution is -2.55. The Bertz CT molecular complexity index is 863. The Kier molecular flexibility index (Phi) is 12.9. The number of aliphatic hydroxyl groups excluding tert-OH is 1. The number of aliphatic hydroxyl groups is 1. The average molecular weight is 506 g/mol. The van der Waals surface area contributed by atoms with Crippen molar-refractivity contribution in [1.82, 2.24) is 15.5 Å². The molecule has 36 heavy (non-hydrogen) atoms. The number of unbranched alkanes of at least 4 members (excludes halogenated alkanes) is 4. The van der Waals surface area contributed by atoms with Gasteiger partial charge in [-0.15, -0.1) is 0 Å². The zero-order valence-electron chi connectivity index (χ0n) is 23.4. The zero-order chi connectivity index (χ0) is 27.5. The van der Waals surface area contributed by atoms with E-state index >= 15 is 0 Å². The van der Waals surface area contributed by atoms with Crippen LogP contribution in [0.25, 0.3) is 0 Å². The van der Waals surface area contributed by atoms with Crippen LogP contribution >= 0.6 is 0 Å². The van der Waals surface area contributed by atoms with Gasteiger partial charge in [0, 0.05) is 12.6 Å². The maximum Gasteiger partial charge on any atom is 0.408 e. The SMILES string of the molecule is CCCCCCCN(C(=O)C(CO)NC(=O)OC(C)(C)C)C(C(=O)NC(C)C)c1ccc(C)c(C)c1. The van der Waals surface area contributed by atoms with Gasteiger partial charge >= 0.3 is 6.09 Å². The van der Waals surface area contributed by atoms with Crippen LogP contribution in [0.15, 0.2) is 18.2 Å². The lowest BCUT2D eigenvalue weighted by Gasteiger charge is -2.34. The molecule has 3 amide bonds. The highest BCUT2D eigenvalue weighted by molar-refractivity contribution is 5.92. The molecule has 8 heteroatoms. The van der Waals surface area contributed by atoms with Crippen LogP contribution in [0.2, 0.25) is 0 Å². The van der Waals surface area contributed by atoms with Crippen LogP contribution in [0.3, 0.4) is 0 Å². The lowest BCUT2D eigenvalue weighted by molar-refractivity contribution is -0.143. The average Bonchev–Trinajstić information content (AvgIpc) is 2.76. The van der Waals surface area contributed by atoms with E-state index in [1.165, 1.54) is 4.90 Å². The molecule has 1 aromatic carbocycles. The number of nitrogens with one attached hydrogen (secondary N) is 2. The lowest BCUT2D eigenvalue weighted by atomic mass is 9.97. The standard InChI is InChI=1S/C28H47N3O5/c1-9-10-11-12-13-16-31(26(34)23(18-32)30-27(35)36-28(6,7)8)24(25(33)29-19(2)3)22-15-14-20(4)21(5)17-22/h14-15,17,19,23-24,32H,9-13,16,18H2,1-8H3,(H,29,33)(H,30,35). The summed E-state index contributed by atoms with van der Waals surface area (Å²) in [5, 5.41) is 15.5. The van der Waals surface area contributed by atoms with Crippen molar-refractivity contribution in [2.24, 2.45) is 0 Å². The van der Waals surface area contributed by atoms with E-state index in [1.807, 2.05) is 45.9 Å². The number of carbonyl (C=O) groups is 3. The molecule has 0 saturated heterocycles. The van der Waals surface area contributed by atoms with Gasteiger partial charge in [0.15, 0.2) is 0 Å². The third-order valence-electron chi connectivity index (χ3n) is 5.79. The van der Waals surface area contributed by atoms with E-state index < -0.39 is 36.3 Å². The second kappa shape index (κ2) is 14.8. The van der Waals surface area contributed by atoms with E-state index in [1.54, 1.807) is 20.8 Å². The van der Waals surface area contributed by atoms with Crippen molar-refractivity contribution in [3.8, 4) is 0 Å². The van der Waals surface area contributed by atoms with E-state index in [4.69, 9.17) is 4.74 Å². The first-order valence-electron chi connectivity index (χ1n) is 13.1. The van der Waals surface area contributed by atoms with E-state index in [-0.39, 0.29) is 11.9 Å². The summed E-state index contributed by atoms with van der Waals surface area (Å²) in [7, 11) is 0. The quantitative estimate of drug-likeness (QED) is 0.341. The third-order valence-corrected chi connectivity index (χ3v) is 5.79. The number of rotatable bonds is 13. The summed E-state index contributed by atoms with van der Waals surface area (Å²) in [6.07, 6.45) is 4.04. The van der Waals surface area contributed by atoms with Crippen LogP contribution in [0, 0.1) is 13.8 Å². The van der Waals surface area contributed by atoms with Gasteiger partial charge in [-0.1, -0.05) is 50.8 Å². The van der Waals surface area contributed by atoms with Gasteiger partial charge in [0.2, 0.25) is 11.8 Å². The molecule has 2 atom stereocenters. The number of amides is 3. The summed E-state index contributed by atoms with van der Waals surface area (Å²) in [6.45, 7) is 14.7. The number of alkyl carbamates (subject to hydrolysis) is 1. The van der Waals surface area contributed by atoms with Crippen LogP contribution in [-0.4, -0.2) is 58.8 Å². The molecule has 3 N–H and O–H groups in total. The summed E-state index contributed by atoms with van der Waals surface area (Å²) < 4.78 is 5.29. The van der Waals surface area contributed by atoms with Crippen molar-refractivity contribution in [3.63, 3.8) is 0 Å². The monoisotopic (exact) mass is 505 g/mol. The molecule has 0 heterocycles. The number of benzene rings is 1. The van der Waals surface area contributed by atoms with Crippen molar-refractivity contribution in [3.05, 3.63) is 34.9 Å². The molecule has 0 saturated carbocycles. The fraction of sp³-hybridized carbons (Fsp3) is 0.679. The van der Waals surface area contributed by atoms with Crippen LogP contribution in [0.5, 0.6) is 0 Å². The van der Waals surface area contributed by atoms with Crippen molar-refractivity contribution in [2.45, 2.75) is 111 Å². The summed E-state index contributed by atoms with van der Waals surface area (Å²) in [5.74, 6) is -0.829. The van der Waals surface area contributed by atoms with Crippen LogP contribution < -0.4 is 10.6 Å². The fourth-order valence-corrected chi connectivity index (χ4v) is 3.86. The minimum atomic E-state index is -1.24. The number of aryl methyl sites for hydroxylation is 2. The predicted octanol–water partition coefficient (Wildman–Crippen LogP) is 4.55. The van der Waals surface area contributed by atoms with Crippen LogP contribution in [-0.2, 0) is 14.3 Å². The van der Waals surface area contributed by atoms with Gasteiger partial charge in [-0.2, -0.15) is 0 Å². The van der Waals surface area contributed by atoms with E-state index in [9.17, 15) is 19.5 Å². The van der Waals surface area contributed by atoms with Crippen LogP contribution in [0.1, 0.15) is 96.4 Å². The minimum absolute atomic E-state index is 0.124. The number of nitrogens with zero attached hydrogens (tertiary/aromatic N) is 1. The highest BCUT2D eigenvalue weighted by Gasteiger charge is 2.36. The Labute approximate surface area is 217 Å². The van der Waals surface area contributed by atoms with Gasteiger partial charge in [0.05, 0.1) is 6.61 Å². The fourth-order valence-electron chi connectivity index (χ4n) is 3.86. The van der Waals surface area contributed by atoms with E-state index in [2.05, 4.69) is 17.6 Å². The molecular formula is C28H47N3O5. The van der Waals surface area contributed by atoms with E-state index in [0.717, 1.165) is 36.8 Å². The van der Waals surface area contributed by atoms with Crippen molar-refractivity contribution >= 4 is 17.9 Å². The largest absolute Gasteiger partial charge is 0.444 e. The molecule has 0 aromatic heterocycles. The normalized spacial score (nSPS) is 13.2. The Balaban J connectivity index is 3.39. The smallest absolute Gasteiger partial charge is 0.408 e. The summed E-state index contributed by atoms with van der Waals surface area (Å²) in [5.41, 5.74) is 2.02. The van der Waals surface area contributed by atoms with Crippen LogP contribution in [0.4, 0.5) is 4.79 Å². The Morgan fingerprint density at radius 3 is 2.17 bits per heavy atom. The number of hydrogen-bond donors (Lipinski definition) is 3. The molecule has 2 unspecified atom stereocenters. The number of hydrogen-bond acceptors (Lipinski definition) is 5. The van der Waals surface area contributed by atoms with Crippen molar-refractivity contribution < 1.29 is 24.2 Å². The molecular weight excluding hydrogens is 458 g/mol. The van der Waals surface area contributed by atoms with Gasteiger partial charge in [0.1, 0.15) is 17.7 Å².